The van der Waals surface area contributed by atoms with Crippen LogP contribution in [0.25, 0.3) is 11.0 Å². The number of fused-ring (bicyclic) bond motifs is 1. The van der Waals surface area contributed by atoms with E-state index in [1.54, 1.807) is 19.1 Å². The van der Waals surface area contributed by atoms with Gasteiger partial charge in [-0.05, 0) is 25.5 Å². The summed E-state index contributed by atoms with van der Waals surface area (Å²) in [6.07, 6.45) is 0.556. The lowest BCUT2D eigenvalue weighted by Crippen LogP contribution is -2.16. The van der Waals surface area contributed by atoms with Gasteiger partial charge in [-0.15, -0.1) is 0 Å². The second-order valence-corrected chi connectivity index (χ2v) is 3.97. The molecule has 0 aliphatic rings. The molecule has 0 amide bonds. The number of para-hydroxylation sites is 1. The molecule has 2 rings (SSSR count). The van der Waals surface area contributed by atoms with Crippen LogP contribution in [0.15, 0.2) is 18.2 Å². The van der Waals surface area contributed by atoms with Crippen LogP contribution in [0.5, 0.6) is 0 Å². The van der Waals surface area contributed by atoms with Crippen molar-refractivity contribution in [2.75, 3.05) is 6.61 Å². The summed E-state index contributed by atoms with van der Waals surface area (Å²) in [4.78, 5) is 18.9. The first-order valence-corrected chi connectivity index (χ1v) is 5.98. The second-order valence-electron chi connectivity index (χ2n) is 3.97. The molecule has 18 heavy (non-hydrogen) atoms. The Morgan fingerprint density at radius 3 is 2.89 bits per heavy atom. The second kappa shape index (κ2) is 5.16. The van der Waals surface area contributed by atoms with Crippen molar-refractivity contribution in [2.45, 2.75) is 26.2 Å². The number of carbonyl (C=O) groups excluding carboxylic acids is 1. The highest BCUT2D eigenvalue weighted by atomic mass is 19.1. The van der Waals surface area contributed by atoms with Crippen LogP contribution in [-0.4, -0.2) is 22.5 Å². The van der Waals surface area contributed by atoms with Gasteiger partial charge in [0.15, 0.2) is 5.82 Å². The van der Waals surface area contributed by atoms with Gasteiger partial charge in [0.25, 0.3) is 0 Å². The summed E-state index contributed by atoms with van der Waals surface area (Å²) in [5.74, 6) is -0.749. The Labute approximate surface area is 104 Å². The van der Waals surface area contributed by atoms with Crippen molar-refractivity contribution in [3.63, 3.8) is 0 Å². The van der Waals surface area contributed by atoms with E-state index < -0.39 is 11.7 Å². The number of ether oxygens (including phenoxy) is 1. The number of aromatic nitrogens is 2. The van der Waals surface area contributed by atoms with Crippen LogP contribution in [0.2, 0.25) is 0 Å². The minimum absolute atomic E-state index is 0.259. The smallest absolute Gasteiger partial charge is 0.316 e. The summed E-state index contributed by atoms with van der Waals surface area (Å²) in [6, 6.07) is 4.68. The van der Waals surface area contributed by atoms with Crippen LogP contribution < -0.4 is 0 Å². The largest absolute Gasteiger partial charge is 0.465 e. The van der Waals surface area contributed by atoms with Crippen LogP contribution in [0.3, 0.4) is 0 Å². The van der Waals surface area contributed by atoms with Crippen LogP contribution in [-0.2, 0) is 9.53 Å². The molecule has 0 radical (unpaired) electrons. The Balaban J connectivity index is 2.40. The lowest BCUT2D eigenvalue weighted by molar-refractivity contribution is -0.145. The topological polar surface area (TPSA) is 55.0 Å². The van der Waals surface area contributed by atoms with Gasteiger partial charge in [-0.2, -0.15) is 0 Å². The molecule has 1 unspecified atom stereocenters. The molecule has 1 heterocycles. The summed E-state index contributed by atoms with van der Waals surface area (Å²) in [7, 11) is 0. The Morgan fingerprint density at radius 1 is 1.50 bits per heavy atom. The molecule has 1 aromatic carbocycles. The molecule has 0 saturated carbocycles. The van der Waals surface area contributed by atoms with E-state index in [2.05, 4.69) is 9.97 Å². The highest BCUT2D eigenvalue weighted by Gasteiger charge is 2.23. The predicted molar refractivity (Wildman–Crippen MR) is 65.7 cm³/mol. The van der Waals surface area contributed by atoms with Gasteiger partial charge in [0.2, 0.25) is 0 Å². The summed E-state index contributed by atoms with van der Waals surface area (Å²) in [5, 5.41) is 0. The molecular weight excluding hydrogens is 235 g/mol. The third-order valence-corrected chi connectivity index (χ3v) is 2.79. The first kappa shape index (κ1) is 12.5. The number of imidazole rings is 1. The Bertz CT molecular complexity index is 565. The van der Waals surface area contributed by atoms with Crippen molar-refractivity contribution in [2.24, 2.45) is 0 Å². The van der Waals surface area contributed by atoms with Crippen LogP contribution in [0, 0.1) is 5.82 Å². The SMILES string of the molecule is CCOC(=O)C(CC)c1nc2c(F)cccc2[nH]1. The van der Waals surface area contributed by atoms with Gasteiger partial charge in [-0.1, -0.05) is 13.0 Å². The van der Waals surface area contributed by atoms with E-state index in [9.17, 15) is 9.18 Å². The third kappa shape index (κ3) is 2.20. The van der Waals surface area contributed by atoms with E-state index in [1.165, 1.54) is 6.07 Å². The van der Waals surface area contributed by atoms with Gasteiger partial charge < -0.3 is 9.72 Å². The fourth-order valence-corrected chi connectivity index (χ4v) is 1.90. The van der Waals surface area contributed by atoms with Crippen molar-refractivity contribution < 1.29 is 13.9 Å². The summed E-state index contributed by atoms with van der Waals surface area (Å²) < 4.78 is 18.5. The van der Waals surface area contributed by atoms with Gasteiger partial charge in [-0.3, -0.25) is 4.79 Å². The monoisotopic (exact) mass is 250 g/mol. The molecule has 5 heteroatoms. The molecule has 2 aromatic rings. The van der Waals surface area contributed by atoms with Crippen molar-refractivity contribution in [3.8, 4) is 0 Å². The van der Waals surface area contributed by atoms with Crippen molar-refractivity contribution in [3.05, 3.63) is 29.8 Å². The quantitative estimate of drug-likeness (QED) is 0.849. The number of esters is 1. The standard InChI is InChI=1S/C13H15FN2O2/c1-3-8(13(17)18-4-2)12-15-10-7-5-6-9(14)11(10)16-12/h5-8H,3-4H2,1-2H3,(H,15,16). The lowest BCUT2D eigenvalue weighted by Gasteiger charge is -2.10. The number of H-pyrrole nitrogens is 1. The first-order valence-electron chi connectivity index (χ1n) is 5.98. The Morgan fingerprint density at radius 2 is 2.28 bits per heavy atom. The zero-order valence-corrected chi connectivity index (χ0v) is 10.4. The minimum Gasteiger partial charge on any atom is -0.465 e. The van der Waals surface area contributed by atoms with Crippen LogP contribution >= 0.6 is 0 Å². The van der Waals surface area contributed by atoms with E-state index in [4.69, 9.17) is 4.74 Å². The maximum atomic E-state index is 13.5. The molecule has 0 saturated heterocycles. The number of rotatable bonds is 4. The maximum Gasteiger partial charge on any atom is 0.316 e. The Kier molecular flexibility index (Phi) is 3.60. The van der Waals surface area contributed by atoms with Crippen LogP contribution in [0.4, 0.5) is 4.39 Å². The highest BCUT2D eigenvalue weighted by molar-refractivity contribution is 5.80. The first-order chi connectivity index (χ1) is 8.67. The zero-order chi connectivity index (χ0) is 13.1. The van der Waals surface area contributed by atoms with E-state index in [1.807, 2.05) is 6.92 Å². The predicted octanol–water partition coefficient (Wildman–Crippen LogP) is 2.76. The van der Waals surface area contributed by atoms with E-state index in [-0.39, 0.29) is 11.5 Å². The molecular formula is C13H15FN2O2. The third-order valence-electron chi connectivity index (χ3n) is 2.79. The fourth-order valence-electron chi connectivity index (χ4n) is 1.90. The van der Waals surface area contributed by atoms with Crippen molar-refractivity contribution >= 4 is 17.0 Å². The number of benzene rings is 1. The summed E-state index contributed by atoms with van der Waals surface area (Å²) in [5.41, 5.74) is 0.850. The Hall–Kier alpha value is -1.91. The number of aromatic amines is 1. The fraction of sp³-hybridized carbons (Fsp3) is 0.385. The number of nitrogens with one attached hydrogen (secondary N) is 1. The molecule has 0 spiro atoms. The average Bonchev–Trinajstić information content (AvgIpc) is 2.75. The van der Waals surface area contributed by atoms with Gasteiger partial charge >= 0.3 is 5.97 Å². The number of nitrogens with zero attached hydrogens (tertiary/aromatic N) is 1. The van der Waals surface area contributed by atoms with E-state index >= 15 is 0 Å². The summed E-state index contributed by atoms with van der Waals surface area (Å²) >= 11 is 0. The highest BCUT2D eigenvalue weighted by Crippen LogP contribution is 2.23. The number of hydrogen-bond acceptors (Lipinski definition) is 3. The maximum absolute atomic E-state index is 13.5. The van der Waals surface area contributed by atoms with Crippen LogP contribution in [0.1, 0.15) is 32.0 Å². The van der Waals surface area contributed by atoms with Crippen molar-refractivity contribution in [1.29, 1.82) is 0 Å². The molecule has 1 aromatic heterocycles. The van der Waals surface area contributed by atoms with Gasteiger partial charge in [0.05, 0.1) is 12.1 Å². The number of carbonyl (C=O) groups is 1. The van der Waals surface area contributed by atoms with Gasteiger partial charge in [0, 0.05) is 0 Å². The number of halogens is 1. The van der Waals surface area contributed by atoms with Gasteiger partial charge in [0.1, 0.15) is 17.3 Å². The van der Waals surface area contributed by atoms with E-state index in [0.29, 0.717) is 24.4 Å². The summed E-state index contributed by atoms with van der Waals surface area (Å²) in [6.45, 7) is 3.94. The zero-order valence-electron chi connectivity index (χ0n) is 10.4. The molecule has 96 valence electrons. The lowest BCUT2D eigenvalue weighted by atomic mass is 10.1. The molecule has 1 atom stereocenters. The molecule has 0 aliphatic carbocycles. The van der Waals surface area contributed by atoms with Gasteiger partial charge in [-0.25, -0.2) is 9.37 Å². The molecule has 4 nitrogen and oxygen atoms in total. The molecule has 0 bridgehead atoms. The van der Waals surface area contributed by atoms with E-state index in [0.717, 1.165) is 0 Å². The average molecular weight is 250 g/mol. The molecule has 1 N–H and O–H groups in total. The normalized spacial score (nSPS) is 12.6. The molecule has 0 fully saturated rings. The molecule has 0 aliphatic heterocycles. The number of hydrogen-bond donors (Lipinski definition) is 1. The van der Waals surface area contributed by atoms with Crippen molar-refractivity contribution in [1.82, 2.24) is 9.97 Å². The minimum atomic E-state index is -0.475.